The largest absolute Gasteiger partial charge is 0.396 e. The quantitative estimate of drug-likeness (QED) is 0.631. The summed E-state index contributed by atoms with van der Waals surface area (Å²) < 4.78 is 5.04. The Kier molecular flexibility index (Phi) is 4.42. The molecule has 2 N–H and O–H groups in total. The lowest BCUT2D eigenvalue weighted by Crippen LogP contribution is -2.21. The van der Waals surface area contributed by atoms with Gasteiger partial charge in [-0.3, -0.25) is 0 Å². The van der Waals surface area contributed by atoms with Gasteiger partial charge < -0.3 is 14.9 Å². The lowest BCUT2D eigenvalue weighted by molar-refractivity contribution is 0.157. The molecule has 0 amide bonds. The molecule has 3 nitrogen and oxygen atoms in total. The third-order valence-electron chi connectivity index (χ3n) is 2.48. The molecule has 1 aliphatic carbocycles. The van der Waals surface area contributed by atoms with Gasteiger partial charge in [-0.25, -0.2) is 0 Å². The van der Waals surface area contributed by atoms with Gasteiger partial charge in [0.15, 0.2) is 0 Å². The van der Waals surface area contributed by atoms with Crippen molar-refractivity contribution in [3.63, 3.8) is 0 Å². The van der Waals surface area contributed by atoms with Crippen LogP contribution < -0.4 is 0 Å². The van der Waals surface area contributed by atoms with E-state index >= 15 is 0 Å². The van der Waals surface area contributed by atoms with Gasteiger partial charge in [-0.2, -0.15) is 0 Å². The van der Waals surface area contributed by atoms with E-state index in [2.05, 4.69) is 6.08 Å². The zero-order chi connectivity index (χ0) is 9.68. The third kappa shape index (κ3) is 3.10. The van der Waals surface area contributed by atoms with E-state index in [-0.39, 0.29) is 19.1 Å². The second-order valence-electron chi connectivity index (χ2n) is 3.69. The Bertz CT molecular complexity index is 177. The Balaban J connectivity index is 2.55. The van der Waals surface area contributed by atoms with Crippen molar-refractivity contribution in [2.75, 3.05) is 26.9 Å². The Morgan fingerprint density at radius 2 is 2.23 bits per heavy atom. The molecule has 0 heterocycles. The lowest BCUT2D eigenvalue weighted by atomic mass is 9.83. The molecule has 0 aromatic rings. The van der Waals surface area contributed by atoms with E-state index in [1.165, 1.54) is 5.57 Å². The van der Waals surface area contributed by atoms with Gasteiger partial charge in [0.2, 0.25) is 0 Å². The van der Waals surface area contributed by atoms with E-state index in [1.54, 1.807) is 7.11 Å². The minimum absolute atomic E-state index is 0.170. The summed E-state index contributed by atoms with van der Waals surface area (Å²) in [6.45, 7) is 0.994. The summed E-state index contributed by atoms with van der Waals surface area (Å²) in [4.78, 5) is 0. The summed E-state index contributed by atoms with van der Waals surface area (Å²) >= 11 is 0. The van der Waals surface area contributed by atoms with Crippen LogP contribution in [0.15, 0.2) is 11.6 Å². The summed E-state index contributed by atoms with van der Waals surface area (Å²) in [5.41, 5.74) is 1.20. The molecule has 3 heteroatoms. The molecule has 0 unspecified atom stereocenters. The Labute approximate surface area is 79.0 Å². The first kappa shape index (κ1) is 10.7. The fourth-order valence-corrected chi connectivity index (χ4v) is 1.91. The topological polar surface area (TPSA) is 49.7 Å². The summed E-state index contributed by atoms with van der Waals surface area (Å²) in [6, 6.07) is 0. The minimum atomic E-state index is 0.170. The molecule has 0 bridgehead atoms. The van der Waals surface area contributed by atoms with E-state index in [0.717, 1.165) is 12.8 Å². The van der Waals surface area contributed by atoms with Crippen LogP contribution in [0.4, 0.5) is 0 Å². The van der Waals surface area contributed by atoms with Crippen molar-refractivity contribution in [3.8, 4) is 0 Å². The fraction of sp³-hybridized carbons (Fsp3) is 0.800. The van der Waals surface area contributed by atoms with Gasteiger partial charge in [0, 0.05) is 26.2 Å². The lowest BCUT2D eigenvalue weighted by Gasteiger charge is -2.25. The fourth-order valence-electron chi connectivity index (χ4n) is 1.91. The summed E-state index contributed by atoms with van der Waals surface area (Å²) in [5, 5.41) is 18.1. The standard InChI is InChI=1S/C10H18O3/c1-13-7-10-3-8(5-11)2-9(4-10)6-12/h3,8-9,11-12H,2,4-7H2,1H3/t8-,9+/m0/s1. The predicted molar refractivity (Wildman–Crippen MR) is 50.3 cm³/mol. The van der Waals surface area contributed by atoms with Gasteiger partial charge >= 0.3 is 0 Å². The maximum atomic E-state index is 9.04. The number of aliphatic hydroxyl groups excluding tert-OH is 2. The van der Waals surface area contributed by atoms with Crippen molar-refractivity contribution in [2.45, 2.75) is 12.8 Å². The SMILES string of the molecule is COCC1=C[C@@H](CO)C[C@@H](CO)C1. The normalized spacial score (nSPS) is 28.7. The Morgan fingerprint density at radius 3 is 2.77 bits per heavy atom. The van der Waals surface area contributed by atoms with E-state index in [9.17, 15) is 0 Å². The molecule has 2 atom stereocenters. The van der Waals surface area contributed by atoms with E-state index in [0.29, 0.717) is 12.5 Å². The number of hydrogen-bond donors (Lipinski definition) is 2. The number of methoxy groups -OCH3 is 1. The maximum absolute atomic E-state index is 9.04. The number of rotatable bonds is 4. The highest BCUT2D eigenvalue weighted by Gasteiger charge is 2.21. The average molecular weight is 186 g/mol. The van der Waals surface area contributed by atoms with Crippen molar-refractivity contribution < 1.29 is 14.9 Å². The molecule has 76 valence electrons. The first-order valence-electron chi connectivity index (χ1n) is 4.70. The molecule has 0 aromatic carbocycles. The van der Waals surface area contributed by atoms with Gasteiger partial charge in [-0.15, -0.1) is 0 Å². The highest BCUT2D eigenvalue weighted by Crippen LogP contribution is 2.27. The van der Waals surface area contributed by atoms with Gasteiger partial charge in [0.25, 0.3) is 0 Å². The van der Waals surface area contributed by atoms with Gasteiger partial charge in [-0.1, -0.05) is 6.08 Å². The van der Waals surface area contributed by atoms with Crippen molar-refractivity contribution >= 4 is 0 Å². The first-order chi connectivity index (χ1) is 6.30. The van der Waals surface area contributed by atoms with Crippen molar-refractivity contribution in [1.82, 2.24) is 0 Å². The molecule has 1 aliphatic rings. The zero-order valence-corrected chi connectivity index (χ0v) is 8.07. The summed E-state index contributed by atoms with van der Waals surface area (Å²) in [7, 11) is 1.66. The van der Waals surface area contributed by atoms with Crippen LogP contribution in [0.25, 0.3) is 0 Å². The van der Waals surface area contributed by atoms with Crippen LogP contribution in [0.2, 0.25) is 0 Å². The van der Waals surface area contributed by atoms with Gasteiger partial charge in [0.05, 0.1) is 6.61 Å². The molecule has 0 aromatic heterocycles. The molecular weight excluding hydrogens is 168 g/mol. The van der Waals surface area contributed by atoms with E-state index in [1.807, 2.05) is 0 Å². The van der Waals surface area contributed by atoms with E-state index < -0.39 is 0 Å². The number of aliphatic hydroxyl groups is 2. The molecule has 1 rings (SSSR count). The van der Waals surface area contributed by atoms with Crippen LogP contribution in [0.5, 0.6) is 0 Å². The molecule has 0 radical (unpaired) electrons. The average Bonchev–Trinajstić information content (AvgIpc) is 2.17. The molecule has 0 spiro atoms. The van der Waals surface area contributed by atoms with Crippen LogP contribution in [-0.4, -0.2) is 37.1 Å². The van der Waals surface area contributed by atoms with Crippen LogP contribution in [0.1, 0.15) is 12.8 Å². The van der Waals surface area contributed by atoms with Crippen LogP contribution in [0, 0.1) is 11.8 Å². The highest BCUT2D eigenvalue weighted by molar-refractivity contribution is 5.10. The second-order valence-corrected chi connectivity index (χ2v) is 3.69. The predicted octanol–water partition coefficient (Wildman–Crippen LogP) is 0.570. The number of ether oxygens (including phenoxy) is 1. The maximum Gasteiger partial charge on any atom is 0.0673 e. The van der Waals surface area contributed by atoms with Crippen molar-refractivity contribution in [1.29, 1.82) is 0 Å². The molecule has 0 saturated heterocycles. The number of hydrogen-bond acceptors (Lipinski definition) is 3. The van der Waals surface area contributed by atoms with Crippen molar-refractivity contribution in [2.24, 2.45) is 11.8 Å². The summed E-state index contributed by atoms with van der Waals surface area (Å²) in [5.74, 6) is 0.503. The van der Waals surface area contributed by atoms with Crippen LogP contribution in [-0.2, 0) is 4.74 Å². The molecule has 0 fully saturated rings. The van der Waals surface area contributed by atoms with E-state index in [4.69, 9.17) is 14.9 Å². The molecule has 0 aliphatic heterocycles. The third-order valence-corrected chi connectivity index (χ3v) is 2.48. The smallest absolute Gasteiger partial charge is 0.0673 e. The van der Waals surface area contributed by atoms with Crippen molar-refractivity contribution in [3.05, 3.63) is 11.6 Å². The Hall–Kier alpha value is -0.380. The second kappa shape index (κ2) is 5.37. The summed E-state index contributed by atoms with van der Waals surface area (Å²) in [6.07, 6.45) is 3.87. The van der Waals surface area contributed by atoms with Gasteiger partial charge in [0.1, 0.15) is 0 Å². The van der Waals surface area contributed by atoms with Crippen LogP contribution >= 0.6 is 0 Å². The highest BCUT2D eigenvalue weighted by atomic mass is 16.5. The monoisotopic (exact) mass is 186 g/mol. The minimum Gasteiger partial charge on any atom is -0.396 e. The molecule has 13 heavy (non-hydrogen) atoms. The first-order valence-corrected chi connectivity index (χ1v) is 4.70. The van der Waals surface area contributed by atoms with Gasteiger partial charge in [-0.05, 0) is 24.3 Å². The Morgan fingerprint density at radius 1 is 1.46 bits per heavy atom. The molecule has 0 saturated carbocycles. The zero-order valence-electron chi connectivity index (χ0n) is 8.07. The molecular formula is C10H18O3. The van der Waals surface area contributed by atoms with Crippen LogP contribution in [0.3, 0.4) is 0 Å².